The molecule has 11 nitrogen and oxygen atoms in total. The summed E-state index contributed by atoms with van der Waals surface area (Å²) in [6, 6.07) is 7.60. The number of carbonyl (C=O) groups excluding carboxylic acids is 3. The zero-order valence-electron chi connectivity index (χ0n) is 27.3. The third kappa shape index (κ3) is 8.45. The van der Waals surface area contributed by atoms with Gasteiger partial charge >= 0.3 is 13.1 Å². The van der Waals surface area contributed by atoms with Crippen LogP contribution in [-0.2, 0) is 53.5 Å². The molecule has 4 atom stereocenters. The molecule has 2 unspecified atom stereocenters. The fourth-order valence-electron chi connectivity index (χ4n) is 6.32. The molecule has 1 fully saturated rings. The molecule has 2 heterocycles. The topological polar surface area (TPSA) is 188 Å². The summed E-state index contributed by atoms with van der Waals surface area (Å²) in [5.74, 6) is -1.51. The van der Waals surface area contributed by atoms with Crippen molar-refractivity contribution >= 4 is 39.8 Å². The molecule has 2 aliphatic rings. The summed E-state index contributed by atoms with van der Waals surface area (Å²) in [5, 5.41) is 0.747. The number of carbonyl (C=O) groups is 3. The molecule has 4 rings (SSSR count). The van der Waals surface area contributed by atoms with Crippen LogP contribution < -0.4 is 28.0 Å². The van der Waals surface area contributed by atoms with Crippen molar-refractivity contribution in [2.24, 2.45) is 17.2 Å². The van der Waals surface area contributed by atoms with Gasteiger partial charge < -0.3 is 32.1 Å². The van der Waals surface area contributed by atoms with Crippen molar-refractivity contribution in [2.45, 2.75) is 80.7 Å². The van der Waals surface area contributed by atoms with E-state index in [0.717, 1.165) is 23.2 Å². The second kappa shape index (κ2) is 14.7. The predicted octanol–water partition coefficient (Wildman–Crippen LogP) is 0.657. The smallest absolute Gasteiger partial charge is 0.416 e. The number of benzene rings is 2. The number of halogens is 3. The number of Topliss-reactive ketones (excluding diaryl/α,β-unsaturated/α-hetero) is 1. The van der Waals surface area contributed by atoms with E-state index in [1.54, 1.807) is 0 Å². The van der Waals surface area contributed by atoms with Gasteiger partial charge in [-0.25, -0.2) is 8.42 Å². The first-order valence-electron chi connectivity index (χ1n) is 15.8. The van der Waals surface area contributed by atoms with Gasteiger partial charge in [-0.05, 0) is 61.0 Å². The Morgan fingerprint density at radius 2 is 1.62 bits per heavy atom. The Kier molecular flexibility index (Phi) is 11.5. The molecule has 0 aromatic heterocycles. The average molecular weight is 694 g/mol. The van der Waals surface area contributed by atoms with E-state index in [2.05, 4.69) is 5.32 Å². The highest BCUT2D eigenvalue weighted by Gasteiger charge is 2.41. The van der Waals surface area contributed by atoms with Gasteiger partial charge in [-0.1, -0.05) is 37.2 Å². The first kappa shape index (κ1) is 37.5. The number of nitrogens with zero attached hydrogens (tertiary/aromatic N) is 1. The monoisotopic (exact) mass is 693 g/mol. The van der Waals surface area contributed by atoms with Gasteiger partial charge in [0.05, 0.1) is 33.7 Å². The molecule has 2 aromatic rings. The zero-order chi connectivity index (χ0) is 35.6. The van der Waals surface area contributed by atoms with E-state index >= 15 is 0 Å². The maximum atomic E-state index is 13.7. The molecule has 262 valence electrons. The largest absolute Gasteiger partial charge is 0.422 e. The molecule has 2 aliphatic heterocycles. The molecular formula is C32H43BF3N5O6S. The van der Waals surface area contributed by atoms with Gasteiger partial charge in [0.25, 0.3) is 0 Å². The van der Waals surface area contributed by atoms with Gasteiger partial charge in [-0.3, -0.25) is 14.4 Å². The Morgan fingerprint density at radius 1 is 1.04 bits per heavy atom. The van der Waals surface area contributed by atoms with Gasteiger partial charge in [0.15, 0.2) is 15.6 Å². The molecular weight excluding hydrogens is 650 g/mol. The Morgan fingerprint density at radius 3 is 2.19 bits per heavy atom. The van der Waals surface area contributed by atoms with E-state index in [1.165, 1.54) is 17.0 Å². The minimum Gasteiger partial charge on any atom is -0.422 e. The number of amides is 2. The van der Waals surface area contributed by atoms with Crippen LogP contribution in [0.5, 0.6) is 0 Å². The molecule has 48 heavy (non-hydrogen) atoms. The first-order chi connectivity index (χ1) is 22.4. The van der Waals surface area contributed by atoms with Crippen LogP contribution in [0, 0.1) is 0 Å². The lowest BCUT2D eigenvalue weighted by Crippen LogP contribution is -2.58. The number of nitrogens with one attached hydrogen (secondary N) is 1. The Hall–Kier alpha value is -3.31. The van der Waals surface area contributed by atoms with Crippen molar-refractivity contribution in [3.05, 3.63) is 64.7 Å². The third-order valence-corrected chi connectivity index (χ3v) is 11.7. The number of hydrogen-bond acceptors (Lipinski definition) is 9. The molecule has 2 amide bonds. The van der Waals surface area contributed by atoms with Crippen molar-refractivity contribution in [3.63, 3.8) is 0 Å². The number of ketones is 1. The second-order valence-electron chi connectivity index (χ2n) is 13.0. The molecule has 2 aromatic carbocycles. The number of nitrogens with two attached hydrogens (primary N) is 3. The summed E-state index contributed by atoms with van der Waals surface area (Å²) in [6.07, 6.45) is -4.97. The van der Waals surface area contributed by atoms with E-state index in [0.29, 0.717) is 11.1 Å². The Balaban J connectivity index is 1.46. The van der Waals surface area contributed by atoms with Crippen LogP contribution in [0.1, 0.15) is 48.9 Å². The number of fused-ring (bicyclic) bond motifs is 1. The van der Waals surface area contributed by atoms with E-state index < -0.39 is 61.6 Å². The lowest BCUT2D eigenvalue weighted by Gasteiger charge is -2.37. The summed E-state index contributed by atoms with van der Waals surface area (Å²) >= 11 is 0. The van der Waals surface area contributed by atoms with Gasteiger partial charge in [0, 0.05) is 39.0 Å². The Bertz CT molecular complexity index is 1600. The summed E-state index contributed by atoms with van der Waals surface area (Å²) in [6.45, 7) is 5.11. The minimum absolute atomic E-state index is 0.0672. The lowest BCUT2D eigenvalue weighted by molar-refractivity contribution is -0.137. The van der Waals surface area contributed by atoms with Crippen LogP contribution in [0.25, 0.3) is 0 Å². The highest BCUT2D eigenvalue weighted by Crippen LogP contribution is 2.31. The van der Waals surface area contributed by atoms with Crippen LogP contribution in [0.4, 0.5) is 13.2 Å². The molecule has 0 spiro atoms. The van der Waals surface area contributed by atoms with E-state index in [4.69, 9.17) is 21.9 Å². The van der Waals surface area contributed by atoms with Gasteiger partial charge in [-0.2, -0.15) is 13.2 Å². The van der Waals surface area contributed by atoms with Crippen molar-refractivity contribution in [1.82, 2.24) is 10.2 Å². The highest BCUT2D eigenvalue weighted by molar-refractivity contribution is 7.92. The van der Waals surface area contributed by atoms with Crippen molar-refractivity contribution in [1.29, 1.82) is 0 Å². The number of alkyl halides is 3. The second-order valence-corrected chi connectivity index (χ2v) is 15.6. The molecule has 0 radical (unpaired) electrons. The van der Waals surface area contributed by atoms with Crippen molar-refractivity contribution in [2.75, 3.05) is 26.2 Å². The van der Waals surface area contributed by atoms with Crippen LogP contribution in [0.15, 0.2) is 42.5 Å². The maximum absolute atomic E-state index is 13.7. The van der Waals surface area contributed by atoms with Crippen LogP contribution in [0.2, 0.25) is 6.82 Å². The summed E-state index contributed by atoms with van der Waals surface area (Å²) in [4.78, 5) is 41.2. The highest BCUT2D eigenvalue weighted by atomic mass is 32.2. The van der Waals surface area contributed by atoms with E-state index in [9.17, 15) is 36.0 Å². The van der Waals surface area contributed by atoms with Crippen LogP contribution >= 0.6 is 0 Å². The number of hydrogen-bond donors (Lipinski definition) is 4. The van der Waals surface area contributed by atoms with Gasteiger partial charge in [0.1, 0.15) is 0 Å². The zero-order valence-corrected chi connectivity index (χ0v) is 28.1. The molecule has 0 bridgehead atoms. The normalized spacial score (nSPS) is 21.4. The van der Waals surface area contributed by atoms with Crippen molar-refractivity contribution in [3.8, 4) is 0 Å². The number of sulfone groups is 1. The maximum Gasteiger partial charge on any atom is 0.416 e. The molecule has 16 heteroatoms. The molecule has 0 aliphatic carbocycles. The standard InChI is InChI=1S/C32H43BF3N5O6S/c1-31(2)24-9-6-20(12-25(24)33(3)47-31)14-28(42)27(13-19-4-7-21(8-5-19)32(34,35)36)40-30(44)26(39)10-11-29(43)41-17-22(15-37)48(45,46)23(16-38)18-41/h4-9,12,22-23,26-27H,10-11,13-18,37-39H2,1-3H3,(H,40,44)/t22?,23?,26-,27+/m0/s1. The summed E-state index contributed by atoms with van der Waals surface area (Å²) < 4.78 is 70.6. The van der Waals surface area contributed by atoms with E-state index in [-0.39, 0.29) is 64.6 Å². The lowest BCUT2D eigenvalue weighted by atomic mass is 9.63. The summed E-state index contributed by atoms with van der Waals surface area (Å²) in [7, 11) is -3.59. The molecule has 7 N–H and O–H groups in total. The fourth-order valence-corrected chi connectivity index (χ4v) is 8.18. The van der Waals surface area contributed by atoms with Gasteiger partial charge in [-0.15, -0.1) is 0 Å². The van der Waals surface area contributed by atoms with E-state index in [1.807, 2.05) is 38.9 Å². The average Bonchev–Trinajstić information content (AvgIpc) is 3.25. The minimum atomic E-state index is -4.53. The van der Waals surface area contributed by atoms with Crippen molar-refractivity contribution < 1.29 is 40.6 Å². The SMILES string of the molecule is CB1OC(C)(C)c2ccc(CC(=O)[C@@H](Cc3ccc(C(F)(F)F)cc3)NC(=O)[C@@H](N)CCC(=O)N3CC(CN)S(=O)(=O)C(CN)C3)cc21. The van der Waals surface area contributed by atoms with Gasteiger partial charge in [0.2, 0.25) is 11.8 Å². The third-order valence-electron chi connectivity index (χ3n) is 9.14. The molecule has 1 saturated heterocycles. The fraction of sp³-hybridized carbons (Fsp3) is 0.531. The van der Waals surface area contributed by atoms with Crippen LogP contribution in [0.3, 0.4) is 0 Å². The quantitative estimate of drug-likeness (QED) is 0.232. The predicted molar refractivity (Wildman–Crippen MR) is 176 cm³/mol. The van der Waals surface area contributed by atoms with Crippen LogP contribution in [-0.4, -0.2) is 86.6 Å². The Labute approximate surface area is 279 Å². The molecule has 0 saturated carbocycles. The first-order valence-corrected chi connectivity index (χ1v) is 17.4. The summed E-state index contributed by atoms with van der Waals surface area (Å²) in [5.41, 5.74) is 19.1. The number of rotatable bonds is 12.